The van der Waals surface area contributed by atoms with Crippen molar-refractivity contribution < 1.29 is 49.5 Å². The van der Waals surface area contributed by atoms with Gasteiger partial charge in [-0.2, -0.15) is 17.2 Å². The zero-order valence-corrected chi connectivity index (χ0v) is 17.5. The van der Waals surface area contributed by atoms with E-state index in [2.05, 4.69) is 11.3 Å². The first-order valence-electron chi connectivity index (χ1n) is 9.07. The Kier molecular flexibility index (Phi) is 9.60. The number of halogens is 4. The molecule has 0 saturated heterocycles. The highest BCUT2D eigenvalue weighted by molar-refractivity contribution is 7.85. The summed E-state index contributed by atoms with van der Waals surface area (Å²) in [5, 5.41) is 0. The van der Waals surface area contributed by atoms with Gasteiger partial charge in [-0.25, -0.2) is 8.78 Å². The summed E-state index contributed by atoms with van der Waals surface area (Å²) in [5.41, 5.74) is 1.94. The molecule has 0 aromatic heterocycles. The minimum atomic E-state index is -5.52. The highest BCUT2D eigenvalue weighted by atomic mass is 32.2. The molecular weight excluding hydrogens is 460 g/mol. The van der Waals surface area contributed by atoms with Gasteiger partial charge < -0.3 is 18.9 Å². The Labute approximate surface area is 181 Å². The predicted molar refractivity (Wildman–Crippen MR) is 105 cm³/mol. The summed E-state index contributed by atoms with van der Waals surface area (Å²) in [7, 11) is -5.52. The molecule has 0 heterocycles. The molecule has 7 nitrogen and oxygen atoms in total. The zero-order chi connectivity index (χ0) is 23.7. The average molecular weight is 480 g/mol. The third-order valence-electron chi connectivity index (χ3n) is 3.94. The van der Waals surface area contributed by atoms with Crippen LogP contribution in [-0.2, 0) is 30.9 Å². The van der Waals surface area contributed by atoms with Gasteiger partial charge in [-0.3, -0.25) is 4.55 Å². The quantitative estimate of drug-likeness (QED) is 0.154. The lowest BCUT2D eigenvalue weighted by Gasteiger charge is -2.12. The van der Waals surface area contributed by atoms with Crippen molar-refractivity contribution in [2.45, 2.75) is 11.5 Å². The maximum absolute atomic E-state index is 13.8. The first-order chi connectivity index (χ1) is 15.2. The molecule has 176 valence electrons. The Hall–Kier alpha value is -2.51. The highest BCUT2D eigenvalue weighted by Crippen LogP contribution is 2.32. The molecule has 0 amide bonds. The third-order valence-corrected chi connectivity index (χ3v) is 4.81. The van der Waals surface area contributed by atoms with Gasteiger partial charge in [0.25, 0.3) is 0 Å². The number of hydrogen-bond acceptors (Lipinski definition) is 6. The smallest absolute Gasteiger partial charge is 0.300 e. The molecule has 12 heteroatoms. The van der Waals surface area contributed by atoms with Gasteiger partial charge in [-0.05, 0) is 11.1 Å². The number of hydrogen-bond donors (Lipinski definition) is 1. The minimum Gasteiger partial charge on any atom is -0.485 e. The van der Waals surface area contributed by atoms with Crippen LogP contribution in [0.15, 0.2) is 35.7 Å². The fraction of sp³-hybridized carbons (Fsp3) is 0.300. The second kappa shape index (κ2) is 11.9. The first-order valence-corrected chi connectivity index (χ1v) is 10.5. The molecule has 2 rings (SSSR count). The fourth-order valence-electron chi connectivity index (χ4n) is 2.39. The van der Waals surface area contributed by atoms with Gasteiger partial charge in [0.15, 0.2) is 22.3 Å². The summed E-state index contributed by atoms with van der Waals surface area (Å²) < 4.78 is 105. The van der Waals surface area contributed by atoms with Crippen molar-refractivity contribution in [3.63, 3.8) is 0 Å². The Balaban J connectivity index is 1.66. The van der Waals surface area contributed by atoms with E-state index in [9.17, 15) is 26.0 Å². The maximum Gasteiger partial charge on any atom is 0.300 e. The Morgan fingerprint density at radius 1 is 0.844 bits per heavy atom. The van der Waals surface area contributed by atoms with Crippen molar-refractivity contribution in [3.8, 4) is 5.75 Å². The van der Waals surface area contributed by atoms with E-state index in [0.717, 1.165) is 11.1 Å². The SMILES string of the molecule is C=Cc1ccc(COCOCCOCCOc2c(F)c(F)c(S(=O)(=O)O)c(F)c2F)cc1. The molecule has 1 N–H and O–H groups in total. The standard InChI is InChI=1S/C20H20F4O7S/c1-2-13-3-5-14(6-4-13)11-30-12-29-8-7-28-9-10-31-19-15(21)17(23)20(32(25,26)27)18(24)16(19)22/h2-6H,1,7-12H2,(H,25,26,27). The van der Waals surface area contributed by atoms with Crippen LogP contribution < -0.4 is 4.74 Å². The van der Waals surface area contributed by atoms with Crippen LogP contribution in [-0.4, -0.2) is 46.2 Å². The average Bonchev–Trinajstić information content (AvgIpc) is 2.75. The minimum absolute atomic E-state index is 0.00183. The molecular formula is C20H20F4O7S. The molecule has 0 fully saturated rings. The van der Waals surface area contributed by atoms with E-state index in [4.69, 9.17) is 18.8 Å². The molecule has 32 heavy (non-hydrogen) atoms. The molecule has 0 unspecified atom stereocenters. The van der Waals surface area contributed by atoms with Crippen molar-refractivity contribution in [2.24, 2.45) is 0 Å². The molecule has 0 aliphatic heterocycles. The lowest BCUT2D eigenvalue weighted by atomic mass is 10.1. The molecule has 0 bridgehead atoms. The molecule has 0 saturated carbocycles. The van der Waals surface area contributed by atoms with E-state index in [1.54, 1.807) is 6.08 Å². The van der Waals surface area contributed by atoms with E-state index in [0.29, 0.717) is 6.61 Å². The maximum atomic E-state index is 13.8. The third kappa shape index (κ3) is 7.00. The Morgan fingerprint density at radius 3 is 1.97 bits per heavy atom. The molecule has 2 aromatic rings. The van der Waals surface area contributed by atoms with Crippen LogP contribution in [0, 0.1) is 23.3 Å². The van der Waals surface area contributed by atoms with Gasteiger partial charge >= 0.3 is 10.1 Å². The Morgan fingerprint density at radius 2 is 1.41 bits per heavy atom. The summed E-state index contributed by atoms with van der Waals surface area (Å²) in [5.74, 6) is -10.3. The van der Waals surface area contributed by atoms with Gasteiger partial charge in [0.1, 0.15) is 13.4 Å². The van der Waals surface area contributed by atoms with Crippen molar-refractivity contribution in [2.75, 3.05) is 33.2 Å². The molecule has 0 aliphatic rings. The van der Waals surface area contributed by atoms with Crippen molar-refractivity contribution >= 4 is 16.2 Å². The molecule has 0 atom stereocenters. The van der Waals surface area contributed by atoms with Crippen LogP contribution in [0.5, 0.6) is 5.75 Å². The van der Waals surface area contributed by atoms with Crippen LogP contribution in [0.25, 0.3) is 6.08 Å². The van der Waals surface area contributed by atoms with Crippen molar-refractivity contribution in [1.82, 2.24) is 0 Å². The summed E-state index contributed by atoms with van der Waals surface area (Å²) in [6, 6.07) is 7.57. The fourth-order valence-corrected chi connectivity index (χ4v) is 3.03. The van der Waals surface area contributed by atoms with Crippen LogP contribution >= 0.6 is 0 Å². The largest absolute Gasteiger partial charge is 0.485 e. The second-order valence-electron chi connectivity index (χ2n) is 6.17. The first kappa shape index (κ1) is 25.7. The van der Waals surface area contributed by atoms with E-state index >= 15 is 0 Å². The molecule has 2 aromatic carbocycles. The van der Waals surface area contributed by atoms with Gasteiger partial charge in [0, 0.05) is 0 Å². The van der Waals surface area contributed by atoms with Crippen LogP contribution in [0.4, 0.5) is 17.6 Å². The van der Waals surface area contributed by atoms with Crippen LogP contribution in [0.3, 0.4) is 0 Å². The predicted octanol–water partition coefficient (Wildman–Crippen LogP) is 3.72. The van der Waals surface area contributed by atoms with Gasteiger partial charge in [-0.1, -0.05) is 36.9 Å². The van der Waals surface area contributed by atoms with Crippen molar-refractivity contribution in [3.05, 3.63) is 65.2 Å². The Bertz CT molecular complexity index is 998. The summed E-state index contributed by atoms with van der Waals surface area (Å²) in [4.78, 5) is -2.13. The van der Waals surface area contributed by atoms with E-state index in [1.165, 1.54) is 0 Å². The molecule has 0 radical (unpaired) electrons. The van der Waals surface area contributed by atoms with Gasteiger partial charge in [-0.15, -0.1) is 0 Å². The highest BCUT2D eigenvalue weighted by Gasteiger charge is 2.33. The topological polar surface area (TPSA) is 91.3 Å². The molecule has 0 aliphatic carbocycles. The lowest BCUT2D eigenvalue weighted by Crippen LogP contribution is -2.15. The summed E-state index contributed by atoms with van der Waals surface area (Å²) >= 11 is 0. The second-order valence-corrected chi connectivity index (χ2v) is 7.53. The van der Waals surface area contributed by atoms with Gasteiger partial charge in [0.2, 0.25) is 11.6 Å². The summed E-state index contributed by atoms with van der Waals surface area (Å²) in [6.07, 6.45) is 1.72. The monoisotopic (exact) mass is 480 g/mol. The lowest BCUT2D eigenvalue weighted by molar-refractivity contribution is -0.0769. The number of benzene rings is 2. The normalized spacial score (nSPS) is 11.5. The van der Waals surface area contributed by atoms with E-state index in [-0.39, 0.29) is 26.6 Å². The van der Waals surface area contributed by atoms with E-state index < -0.39 is 50.6 Å². The van der Waals surface area contributed by atoms with Gasteiger partial charge in [0.05, 0.1) is 26.4 Å². The van der Waals surface area contributed by atoms with Crippen molar-refractivity contribution in [1.29, 1.82) is 0 Å². The zero-order valence-electron chi connectivity index (χ0n) is 16.7. The van der Waals surface area contributed by atoms with Crippen LogP contribution in [0.2, 0.25) is 0 Å². The molecule has 0 spiro atoms. The number of ether oxygens (including phenoxy) is 4. The number of rotatable bonds is 13. The van der Waals surface area contributed by atoms with Crippen LogP contribution in [0.1, 0.15) is 11.1 Å². The van der Waals surface area contributed by atoms with E-state index in [1.807, 2.05) is 24.3 Å². The summed E-state index contributed by atoms with van der Waals surface area (Å²) in [6.45, 7) is 3.47.